The van der Waals surface area contributed by atoms with Crippen molar-refractivity contribution < 1.29 is 17.5 Å². The Hall–Kier alpha value is -1.95. The van der Waals surface area contributed by atoms with Gasteiger partial charge in [-0.15, -0.1) is 6.58 Å². The van der Waals surface area contributed by atoms with Crippen molar-refractivity contribution in [1.82, 2.24) is 0 Å². The quantitative estimate of drug-likeness (QED) is 0.470. The summed E-state index contributed by atoms with van der Waals surface area (Å²) in [4.78, 5) is 0. The van der Waals surface area contributed by atoms with Crippen molar-refractivity contribution in [3.63, 3.8) is 0 Å². The number of hydrogen-bond acceptors (Lipinski definition) is 2. The van der Waals surface area contributed by atoms with Crippen molar-refractivity contribution in [2.75, 3.05) is 0 Å². The Kier molecular flexibility index (Phi) is 13.5. The number of allylic oxidation sites excluding steroid dienone is 1. The summed E-state index contributed by atoms with van der Waals surface area (Å²) >= 11 is 0. The normalized spacial score (nSPS) is 9.88. The summed E-state index contributed by atoms with van der Waals surface area (Å²) < 4.78 is 31.6. The van der Waals surface area contributed by atoms with E-state index in [2.05, 4.69) is 57.7 Å². The van der Waals surface area contributed by atoms with Crippen molar-refractivity contribution in [3.05, 3.63) is 84.4 Å². The first-order chi connectivity index (χ1) is 11.3. The summed E-state index contributed by atoms with van der Waals surface area (Å²) in [6, 6.07) is 22.6. The van der Waals surface area contributed by atoms with Crippen LogP contribution in [0, 0.1) is 0 Å². The van der Waals surface area contributed by atoms with Gasteiger partial charge in [0.1, 0.15) is 0 Å². The second kappa shape index (κ2) is 13.4. The van der Waals surface area contributed by atoms with Crippen LogP contribution in [0.25, 0.3) is 0 Å². The Morgan fingerprint density at radius 3 is 1.16 bits per heavy atom. The molecule has 0 radical (unpaired) electrons. The molecule has 5 heteroatoms. The Balaban J connectivity index is 0. The summed E-state index contributed by atoms with van der Waals surface area (Å²) in [5, 5.41) is 0. The molecule has 0 aliphatic carbocycles. The van der Waals surface area contributed by atoms with Gasteiger partial charge in [0.15, 0.2) is 0 Å². The molecule has 0 amide bonds. The molecule has 0 saturated carbocycles. The highest BCUT2D eigenvalue weighted by atomic mass is 32.3. The monoisotopic (exact) mass is 366 g/mol. The molecule has 0 aliphatic rings. The van der Waals surface area contributed by atoms with Gasteiger partial charge in [-0.2, -0.15) is 8.42 Å². The maximum atomic E-state index is 8.74. The minimum absolute atomic E-state index is 0.293. The molecule has 2 N–H and O–H groups in total. The van der Waals surface area contributed by atoms with Gasteiger partial charge in [0.05, 0.1) is 0 Å². The van der Waals surface area contributed by atoms with E-state index in [1.54, 1.807) is 0 Å². The lowest BCUT2D eigenvalue weighted by Crippen LogP contribution is -2.10. The fourth-order valence-corrected chi connectivity index (χ4v) is 1.32. The zero-order valence-corrected chi connectivity index (χ0v) is 16.5. The Bertz CT molecular complexity index is 619. The van der Waals surface area contributed by atoms with E-state index in [0.717, 1.165) is 0 Å². The average molecular weight is 367 g/mol. The molecule has 2 aromatic carbocycles. The van der Waals surface area contributed by atoms with Crippen LogP contribution in [0.2, 0.25) is 0 Å². The number of hydrogen-bond donors (Lipinski definition) is 2. The molecule has 25 heavy (non-hydrogen) atoms. The number of benzene rings is 2. The van der Waals surface area contributed by atoms with Crippen molar-refractivity contribution >= 4 is 10.4 Å². The second-order valence-electron chi connectivity index (χ2n) is 6.43. The fourth-order valence-electron chi connectivity index (χ4n) is 1.32. The van der Waals surface area contributed by atoms with Crippen LogP contribution in [-0.2, 0) is 15.8 Å². The predicted octanol–water partition coefficient (Wildman–Crippen LogP) is 5.60. The van der Waals surface area contributed by atoms with E-state index in [1.165, 1.54) is 11.1 Å². The molecule has 0 fully saturated rings. The molecule has 0 unspecified atom stereocenters. The summed E-state index contributed by atoms with van der Waals surface area (Å²) in [5.74, 6) is 0. The molecule has 0 heterocycles. The third-order valence-electron chi connectivity index (χ3n) is 2.31. The van der Waals surface area contributed by atoms with E-state index in [0.29, 0.717) is 5.41 Å². The summed E-state index contributed by atoms with van der Waals surface area (Å²) in [6.45, 7) is 14.2. The molecule has 2 aromatic rings. The molecule has 2 rings (SSSR count). The largest absolute Gasteiger partial charge is 0.394 e. The minimum atomic E-state index is -4.67. The maximum absolute atomic E-state index is 8.74. The molecule has 0 spiro atoms. The Labute approximate surface area is 152 Å². The molecular weight excluding hydrogens is 336 g/mol. The van der Waals surface area contributed by atoms with Gasteiger partial charge < -0.3 is 0 Å². The molecule has 0 atom stereocenters. The van der Waals surface area contributed by atoms with Gasteiger partial charge in [-0.25, -0.2) is 0 Å². The van der Waals surface area contributed by atoms with Gasteiger partial charge in [-0.3, -0.25) is 9.11 Å². The molecule has 0 bridgehead atoms. The summed E-state index contributed by atoms with van der Waals surface area (Å²) in [7, 11) is -4.67. The molecule has 0 aliphatic heterocycles. The van der Waals surface area contributed by atoms with Crippen molar-refractivity contribution in [2.45, 2.75) is 40.0 Å². The van der Waals surface area contributed by atoms with Crippen molar-refractivity contribution in [2.24, 2.45) is 0 Å². The topological polar surface area (TPSA) is 74.6 Å². The molecule has 140 valence electrons. The summed E-state index contributed by atoms with van der Waals surface area (Å²) in [6.07, 6.45) is 0. The number of rotatable bonds is 0. The lowest BCUT2D eigenvalue weighted by atomic mass is 9.87. The van der Waals surface area contributed by atoms with Crippen LogP contribution in [0.4, 0.5) is 0 Å². The lowest BCUT2D eigenvalue weighted by Gasteiger charge is -2.18. The van der Waals surface area contributed by atoms with Crippen LogP contribution in [0.1, 0.15) is 40.2 Å². The van der Waals surface area contributed by atoms with Crippen LogP contribution in [0.3, 0.4) is 0 Å². The van der Waals surface area contributed by atoms with Crippen LogP contribution in [0.5, 0.6) is 0 Å². The first kappa shape index (κ1) is 25.3. The zero-order chi connectivity index (χ0) is 19.9. The highest BCUT2D eigenvalue weighted by molar-refractivity contribution is 7.79. The Morgan fingerprint density at radius 1 is 0.800 bits per heavy atom. The molecule has 0 aromatic heterocycles. The standard InChI is InChI=1S/C10H14.C6H6.C4H8.H2O4S/c1-10(2,3)9-7-5-4-6-8-9;1-2-4-6-5-3-1;1-4(2)3;1-5(2,3)4/h4-8H,1-3H3;1-6H;1H2,2-3H3;(H2,1,2,3,4). The van der Waals surface area contributed by atoms with E-state index < -0.39 is 10.4 Å². The van der Waals surface area contributed by atoms with Gasteiger partial charge in [0, 0.05) is 0 Å². The van der Waals surface area contributed by atoms with E-state index >= 15 is 0 Å². The average Bonchev–Trinajstić information content (AvgIpc) is 2.47. The third-order valence-corrected chi connectivity index (χ3v) is 2.31. The van der Waals surface area contributed by atoms with Crippen LogP contribution in [0.15, 0.2) is 78.9 Å². The maximum Gasteiger partial charge on any atom is 0.394 e. The Morgan fingerprint density at radius 2 is 1.00 bits per heavy atom. The van der Waals surface area contributed by atoms with Crippen LogP contribution >= 0.6 is 0 Å². The third kappa shape index (κ3) is 27.2. The lowest BCUT2D eigenvalue weighted by molar-refractivity contribution is 0.381. The van der Waals surface area contributed by atoms with Gasteiger partial charge in [-0.1, -0.05) is 93.1 Å². The van der Waals surface area contributed by atoms with E-state index in [1.807, 2.05) is 50.2 Å². The van der Waals surface area contributed by atoms with Crippen molar-refractivity contribution in [3.8, 4) is 0 Å². The highest BCUT2D eigenvalue weighted by Crippen LogP contribution is 2.20. The first-order valence-corrected chi connectivity index (χ1v) is 9.11. The molecule has 4 nitrogen and oxygen atoms in total. The second-order valence-corrected chi connectivity index (χ2v) is 7.32. The minimum Gasteiger partial charge on any atom is -0.264 e. The summed E-state index contributed by atoms with van der Waals surface area (Å²) in [5.41, 5.74) is 2.86. The van der Waals surface area contributed by atoms with E-state index in [9.17, 15) is 0 Å². The van der Waals surface area contributed by atoms with E-state index in [-0.39, 0.29) is 0 Å². The zero-order valence-electron chi connectivity index (χ0n) is 15.7. The van der Waals surface area contributed by atoms with Crippen LogP contribution in [-0.4, -0.2) is 17.5 Å². The fraction of sp³-hybridized carbons (Fsp3) is 0.300. The molecule has 0 saturated heterocycles. The van der Waals surface area contributed by atoms with Crippen molar-refractivity contribution in [1.29, 1.82) is 0 Å². The van der Waals surface area contributed by atoms with E-state index in [4.69, 9.17) is 17.5 Å². The van der Waals surface area contributed by atoms with Gasteiger partial charge >= 0.3 is 10.4 Å². The smallest absolute Gasteiger partial charge is 0.264 e. The van der Waals surface area contributed by atoms with Crippen LogP contribution < -0.4 is 0 Å². The van der Waals surface area contributed by atoms with Gasteiger partial charge in [0.2, 0.25) is 0 Å². The van der Waals surface area contributed by atoms with Gasteiger partial charge in [0.25, 0.3) is 0 Å². The first-order valence-electron chi connectivity index (χ1n) is 7.71. The SMILES string of the molecule is C=C(C)C.CC(C)(C)c1ccccc1.O=S(=O)(O)O.c1ccccc1. The predicted molar refractivity (Wildman–Crippen MR) is 106 cm³/mol. The molecular formula is C20H30O4S. The van der Waals surface area contributed by atoms with Gasteiger partial charge in [-0.05, 0) is 24.8 Å². The highest BCUT2D eigenvalue weighted by Gasteiger charge is 2.11.